The monoisotopic (exact) mass is 327 g/mol. The lowest BCUT2D eigenvalue weighted by Crippen LogP contribution is -2.33. The zero-order valence-corrected chi connectivity index (χ0v) is 14.6. The van der Waals surface area contributed by atoms with Gasteiger partial charge in [0.1, 0.15) is 17.8 Å². The van der Waals surface area contributed by atoms with Crippen molar-refractivity contribution >= 4 is 23.3 Å². The third-order valence-electron chi connectivity index (χ3n) is 5.00. The largest absolute Gasteiger partial charge is 0.329 e. The van der Waals surface area contributed by atoms with E-state index in [9.17, 15) is 4.79 Å². The van der Waals surface area contributed by atoms with Gasteiger partial charge >= 0.3 is 0 Å². The molecule has 2 aromatic heterocycles. The number of aryl methyl sites for hydroxylation is 2. The van der Waals surface area contributed by atoms with Gasteiger partial charge in [0.15, 0.2) is 0 Å². The number of carbonyl (C=O) groups excluding carboxylic acids is 1. The number of aliphatic imine (C=N–C) groups is 1. The predicted molar refractivity (Wildman–Crippen MR) is 95.2 cm³/mol. The van der Waals surface area contributed by atoms with Crippen LogP contribution in [0.1, 0.15) is 49.9 Å². The van der Waals surface area contributed by atoms with E-state index in [1.165, 1.54) is 10.9 Å². The summed E-state index contributed by atoms with van der Waals surface area (Å²) in [5.41, 5.74) is 3.32. The zero-order valence-electron chi connectivity index (χ0n) is 14.6. The summed E-state index contributed by atoms with van der Waals surface area (Å²) in [6.07, 6.45) is 8.81. The average molecular weight is 327 g/mol. The minimum absolute atomic E-state index is 0.352. The fraction of sp³-hybridized carbons (Fsp3) is 0.556. The van der Waals surface area contributed by atoms with Gasteiger partial charge in [0.25, 0.3) is 0 Å². The van der Waals surface area contributed by atoms with Crippen LogP contribution in [0.3, 0.4) is 0 Å². The summed E-state index contributed by atoms with van der Waals surface area (Å²) in [5, 5.41) is 3.97. The Kier molecular flexibility index (Phi) is 4.92. The molecule has 6 nitrogen and oxygen atoms in total. The van der Waals surface area contributed by atoms with E-state index in [2.05, 4.69) is 38.0 Å². The van der Waals surface area contributed by atoms with E-state index < -0.39 is 0 Å². The summed E-state index contributed by atoms with van der Waals surface area (Å²) in [5.74, 6) is 1.20. The smallest absolute Gasteiger partial charge is 0.212 e. The van der Waals surface area contributed by atoms with Crippen LogP contribution in [-0.2, 0) is 4.79 Å². The SMILES string of the molecule is CCN=C(NC=O)C1CCC(n2cc(C)c3c(C)ncnc32)CC1. The van der Waals surface area contributed by atoms with Crippen LogP contribution in [0.5, 0.6) is 0 Å². The first-order valence-electron chi connectivity index (χ1n) is 8.69. The second kappa shape index (κ2) is 7.11. The maximum atomic E-state index is 10.8. The number of hydrogen-bond acceptors (Lipinski definition) is 4. The van der Waals surface area contributed by atoms with Gasteiger partial charge in [-0.3, -0.25) is 9.79 Å². The van der Waals surface area contributed by atoms with Crippen LogP contribution in [0, 0.1) is 19.8 Å². The summed E-state index contributed by atoms with van der Waals surface area (Å²) >= 11 is 0. The van der Waals surface area contributed by atoms with Crippen LogP contribution in [0.15, 0.2) is 17.5 Å². The molecular formula is C18H25N5O. The van der Waals surface area contributed by atoms with Crippen LogP contribution < -0.4 is 5.32 Å². The summed E-state index contributed by atoms with van der Waals surface area (Å²) in [6, 6.07) is 0.450. The maximum Gasteiger partial charge on any atom is 0.212 e. The number of hydrogen-bond donors (Lipinski definition) is 1. The second-order valence-corrected chi connectivity index (χ2v) is 6.50. The van der Waals surface area contributed by atoms with Gasteiger partial charge in [-0.25, -0.2) is 9.97 Å². The van der Waals surface area contributed by atoms with Crippen LogP contribution in [-0.4, -0.2) is 33.3 Å². The first-order chi connectivity index (χ1) is 11.7. The summed E-state index contributed by atoms with van der Waals surface area (Å²) in [7, 11) is 0. The molecule has 3 rings (SSSR count). The van der Waals surface area contributed by atoms with Gasteiger partial charge in [-0.15, -0.1) is 0 Å². The highest BCUT2D eigenvalue weighted by atomic mass is 16.1. The van der Waals surface area contributed by atoms with Crippen LogP contribution in [0.2, 0.25) is 0 Å². The average Bonchev–Trinajstić information content (AvgIpc) is 2.93. The Morgan fingerprint density at radius 1 is 1.33 bits per heavy atom. The number of rotatable bonds is 4. The summed E-state index contributed by atoms with van der Waals surface area (Å²) in [6.45, 7) is 6.86. The number of carbonyl (C=O) groups is 1. The van der Waals surface area contributed by atoms with Gasteiger partial charge in [-0.1, -0.05) is 0 Å². The fourth-order valence-electron chi connectivity index (χ4n) is 3.88. The van der Waals surface area contributed by atoms with Gasteiger partial charge in [0.2, 0.25) is 6.41 Å². The van der Waals surface area contributed by atoms with Gasteiger partial charge in [-0.05, 0) is 52.0 Å². The number of fused-ring (bicyclic) bond motifs is 1. The Hall–Kier alpha value is -2.24. The maximum absolute atomic E-state index is 10.8. The molecule has 0 radical (unpaired) electrons. The van der Waals surface area contributed by atoms with E-state index >= 15 is 0 Å². The highest BCUT2D eigenvalue weighted by molar-refractivity contribution is 5.92. The minimum atomic E-state index is 0.352. The molecule has 0 unspecified atom stereocenters. The Morgan fingerprint density at radius 2 is 2.08 bits per heavy atom. The van der Waals surface area contributed by atoms with E-state index in [4.69, 9.17) is 0 Å². The van der Waals surface area contributed by atoms with Gasteiger partial charge in [0, 0.05) is 30.1 Å². The van der Waals surface area contributed by atoms with E-state index in [1.807, 2.05) is 13.8 Å². The molecule has 0 saturated heterocycles. The number of nitrogens with one attached hydrogen (secondary N) is 1. The minimum Gasteiger partial charge on any atom is -0.329 e. The number of amides is 1. The molecule has 1 N–H and O–H groups in total. The van der Waals surface area contributed by atoms with Crippen molar-refractivity contribution < 1.29 is 4.79 Å². The van der Waals surface area contributed by atoms with Crippen LogP contribution in [0.25, 0.3) is 11.0 Å². The van der Waals surface area contributed by atoms with Crippen molar-refractivity contribution in [2.24, 2.45) is 10.9 Å². The van der Waals surface area contributed by atoms with E-state index in [1.54, 1.807) is 6.33 Å². The van der Waals surface area contributed by atoms with Crippen molar-refractivity contribution in [3.8, 4) is 0 Å². The lowest BCUT2D eigenvalue weighted by atomic mass is 9.85. The van der Waals surface area contributed by atoms with Crippen LogP contribution >= 0.6 is 0 Å². The highest BCUT2D eigenvalue weighted by Gasteiger charge is 2.27. The topological polar surface area (TPSA) is 72.2 Å². The lowest BCUT2D eigenvalue weighted by Gasteiger charge is -2.30. The molecule has 1 fully saturated rings. The molecule has 1 aliphatic rings. The van der Waals surface area contributed by atoms with Crippen molar-refractivity contribution in [1.82, 2.24) is 19.9 Å². The van der Waals surface area contributed by atoms with E-state index in [0.29, 0.717) is 18.5 Å². The highest BCUT2D eigenvalue weighted by Crippen LogP contribution is 2.35. The lowest BCUT2D eigenvalue weighted by molar-refractivity contribution is -0.108. The molecule has 128 valence electrons. The molecule has 1 amide bonds. The first-order valence-corrected chi connectivity index (χ1v) is 8.69. The Labute approximate surface area is 142 Å². The summed E-state index contributed by atoms with van der Waals surface area (Å²) in [4.78, 5) is 24.1. The molecule has 2 heterocycles. The molecule has 1 saturated carbocycles. The van der Waals surface area contributed by atoms with Crippen molar-refractivity contribution in [2.75, 3.05) is 6.54 Å². The van der Waals surface area contributed by atoms with Crippen molar-refractivity contribution in [1.29, 1.82) is 0 Å². The van der Waals surface area contributed by atoms with Crippen molar-refractivity contribution in [2.45, 2.75) is 52.5 Å². The molecule has 6 heteroatoms. The van der Waals surface area contributed by atoms with Crippen molar-refractivity contribution in [3.63, 3.8) is 0 Å². The molecule has 0 atom stereocenters. The Balaban J connectivity index is 1.79. The standard InChI is InChI=1S/C18H25N5O/c1-4-19-17(22-11-24)14-5-7-15(8-6-14)23-9-12(2)16-13(3)20-10-21-18(16)23/h9-11,14-15H,4-8H2,1-3H3,(H,19,22,24). The number of aromatic nitrogens is 3. The zero-order chi connectivity index (χ0) is 17.1. The molecule has 24 heavy (non-hydrogen) atoms. The number of amidine groups is 1. The predicted octanol–water partition coefficient (Wildman–Crippen LogP) is 2.94. The molecule has 0 aliphatic heterocycles. The third kappa shape index (κ3) is 3.05. The Bertz CT molecular complexity index is 756. The summed E-state index contributed by atoms with van der Waals surface area (Å²) < 4.78 is 2.32. The quantitative estimate of drug-likeness (QED) is 0.533. The normalized spacial score (nSPS) is 21.9. The van der Waals surface area contributed by atoms with Gasteiger partial charge in [0.05, 0.1) is 5.69 Å². The van der Waals surface area contributed by atoms with Crippen LogP contribution in [0.4, 0.5) is 0 Å². The number of nitrogens with zero attached hydrogens (tertiary/aromatic N) is 4. The van der Waals surface area contributed by atoms with Crippen molar-refractivity contribution in [3.05, 3.63) is 23.8 Å². The molecular weight excluding hydrogens is 302 g/mol. The molecule has 0 aromatic carbocycles. The second-order valence-electron chi connectivity index (χ2n) is 6.50. The third-order valence-corrected chi connectivity index (χ3v) is 5.00. The molecule has 2 aromatic rings. The Morgan fingerprint density at radius 3 is 2.75 bits per heavy atom. The molecule has 1 aliphatic carbocycles. The van der Waals surface area contributed by atoms with Gasteiger partial charge < -0.3 is 9.88 Å². The molecule has 0 spiro atoms. The first kappa shape index (κ1) is 16.6. The van der Waals surface area contributed by atoms with E-state index in [-0.39, 0.29) is 0 Å². The van der Waals surface area contributed by atoms with E-state index in [0.717, 1.165) is 49.3 Å². The fourth-order valence-corrected chi connectivity index (χ4v) is 3.88. The molecule has 0 bridgehead atoms. The van der Waals surface area contributed by atoms with Gasteiger partial charge in [-0.2, -0.15) is 0 Å².